The fourth-order valence-corrected chi connectivity index (χ4v) is 2.20. The summed E-state index contributed by atoms with van der Waals surface area (Å²) in [7, 11) is 1.75. The van der Waals surface area contributed by atoms with E-state index in [1.807, 2.05) is 13.8 Å². The van der Waals surface area contributed by atoms with Crippen LogP contribution in [-0.2, 0) is 9.53 Å². The summed E-state index contributed by atoms with van der Waals surface area (Å²) in [6.45, 7) is 9.37. The average Bonchev–Trinajstić information content (AvgIpc) is 2.63. The Labute approximate surface area is 160 Å². The molecular formula is C20H28N4O3. The lowest BCUT2D eigenvalue weighted by Gasteiger charge is -2.22. The zero-order valence-corrected chi connectivity index (χ0v) is 16.7. The molecule has 0 saturated carbocycles. The van der Waals surface area contributed by atoms with E-state index < -0.39 is 11.7 Å². The van der Waals surface area contributed by atoms with Crippen molar-refractivity contribution in [3.63, 3.8) is 0 Å². The molecule has 0 unspecified atom stereocenters. The van der Waals surface area contributed by atoms with E-state index in [0.29, 0.717) is 29.2 Å². The molecule has 0 fully saturated rings. The number of nitrogens with one attached hydrogen (secondary N) is 2. The maximum absolute atomic E-state index is 11.9. The van der Waals surface area contributed by atoms with Crippen molar-refractivity contribution in [2.45, 2.75) is 40.2 Å². The molecule has 1 aromatic carbocycles. The molecule has 1 heterocycles. The molecule has 27 heavy (non-hydrogen) atoms. The SMILES string of the molecule is CC.CNc1cnccc1N(C=O)c1cccc(NC(=O)OC(C)(C)C)c1. The topological polar surface area (TPSA) is 83.6 Å². The quantitative estimate of drug-likeness (QED) is 0.737. The van der Waals surface area contributed by atoms with Gasteiger partial charge in [0.25, 0.3) is 0 Å². The standard InChI is InChI=1S/C18H22N4O3.C2H6/c1-18(2,3)25-17(24)21-13-6-5-7-14(10-13)22(12-23)16-8-9-20-11-15(16)19-4;1-2/h5-12,19H,1-4H3,(H,21,24);1-2H3. The van der Waals surface area contributed by atoms with Crippen LogP contribution in [0.1, 0.15) is 34.6 Å². The number of carbonyl (C=O) groups excluding carboxylic acids is 2. The zero-order chi connectivity index (χ0) is 20.4. The van der Waals surface area contributed by atoms with Gasteiger partial charge in [-0.2, -0.15) is 0 Å². The molecular weight excluding hydrogens is 344 g/mol. The van der Waals surface area contributed by atoms with Crippen LogP contribution in [0.5, 0.6) is 0 Å². The van der Waals surface area contributed by atoms with Crippen LogP contribution >= 0.6 is 0 Å². The number of hydrogen-bond donors (Lipinski definition) is 2. The number of anilines is 4. The van der Waals surface area contributed by atoms with Crippen LogP contribution in [0.25, 0.3) is 0 Å². The lowest BCUT2D eigenvalue weighted by molar-refractivity contribution is -0.106. The first kappa shape index (κ1) is 22.0. The van der Waals surface area contributed by atoms with Crippen LogP contribution in [0, 0.1) is 0 Å². The van der Waals surface area contributed by atoms with Gasteiger partial charge >= 0.3 is 6.09 Å². The van der Waals surface area contributed by atoms with Gasteiger partial charge in [0.1, 0.15) is 5.60 Å². The Morgan fingerprint density at radius 2 is 1.93 bits per heavy atom. The summed E-state index contributed by atoms with van der Waals surface area (Å²) in [6, 6.07) is 8.67. The summed E-state index contributed by atoms with van der Waals surface area (Å²) in [5, 5.41) is 5.67. The van der Waals surface area contributed by atoms with Crippen molar-refractivity contribution in [1.29, 1.82) is 0 Å². The number of pyridine rings is 1. The molecule has 0 atom stereocenters. The Morgan fingerprint density at radius 1 is 1.22 bits per heavy atom. The molecule has 0 saturated heterocycles. The largest absolute Gasteiger partial charge is 0.444 e. The van der Waals surface area contributed by atoms with E-state index in [0.717, 1.165) is 0 Å². The van der Waals surface area contributed by atoms with Crippen molar-refractivity contribution < 1.29 is 14.3 Å². The molecule has 2 amide bonds. The van der Waals surface area contributed by atoms with Crippen molar-refractivity contribution in [3.8, 4) is 0 Å². The van der Waals surface area contributed by atoms with Gasteiger partial charge in [-0.25, -0.2) is 4.79 Å². The molecule has 7 heteroatoms. The highest BCUT2D eigenvalue weighted by Gasteiger charge is 2.17. The molecule has 0 spiro atoms. The molecule has 0 aliphatic carbocycles. The third-order valence-corrected chi connectivity index (χ3v) is 3.20. The number of ether oxygens (including phenoxy) is 1. The van der Waals surface area contributed by atoms with Crippen molar-refractivity contribution in [3.05, 3.63) is 42.7 Å². The second-order valence-corrected chi connectivity index (χ2v) is 6.30. The van der Waals surface area contributed by atoms with Crippen LogP contribution in [-0.4, -0.2) is 30.1 Å². The minimum absolute atomic E-state index is 0.527. The smallest absolute Gasteiger partial charge is 0.412 e. The van der Waals surface area contributed by atoms with E-state index in [2.05, 4.69) is 15.6 Å². The zero-order valence-electron chi connectivity index (χ0n) is 16.7. The van der Waals surface area contributed by atoms with Crippen molar-refractivity contribution in [2.24, 2.45) is 0 Å². The highest BCUT2D eigenvalue weighted by molar-refractivity contribution is 5.93. The van der Waals surface area contributed by atoms with E-state index in [1.165, 1.54) is 4.90 Å². The molecule has 2 rings (SSSR count). The van der Waals surface area contributed by atoms with Gasteiger partial charge in [-0.3, -0.25) is 20.0 Å². The van der Waals surface area contributed by atoms with E-state index >= 15 is 0 Å². The average molecular weight is 372 g/mol. The van der Waals surface area contributed by atoms with Gasteiger partial charge in [-0.15, -0.1) is 0 Å². The minimum Gasteiger partial charge on any atom is -0.444 e. The predicted molar refractivity (Wildman–Crippen MR) is 110 cm³/mol. The van der Waals surface area contributed by atoms with E-state index in [-0.39, 0.29) is 0 Å². The number of rotatable bonds is 5. The Morgan fingerprint density at radius 3 is 2.52 bits per heavy atom. The van der Waals surface area contributed by atoms with Crippen molar-refractivity contribution in [1.82, 2.24) is 4.98 Å². The second kappa shape index (κ2) is 10.2. The van der Waals surface area contributed by atoms with E-state index in [4.69, 9.17) is 4.74 Å². The summed E-state index contributed by atoms with van der Waals surface area (Å²) in [5.74, 6) is 0. The van der Waals surface area contributed by atoms with Gasteiger partial charge in [0.05, 0.1) is 23.3 Å². The van der Waals surface area contributed by atoms with E-state index in [1.54, 1.807) is 70.5 Å². The summed E-state index contributed by atoms with van der Waals surface area (Å²) < 4.78 is 5.24. The van der Waals surface area contributed by atoms with Gasteiger partial charge in [0.15, 0.2) is 0 Å². The molecule has 0 aliphatic rings. The van der Waals surface area contributed by atoms with Gasteiger partial charge in [-0.1, -0.05) is 19.9 Å². The fourth-order valence-electron chi connectivity index (χ4n) is 2.20. The minimum atomic E-state index is -0.588. The maximum Gasteiger partial charge on any atom is 0.412 e. The first-order chi connectivity index (χ1) is 12.8. The summed E-state index contributed by atoms with van der Waals surface area (Å²) >= 11 is 0. The number of aromatic nitrogens is 1. The predicted octanol–water partition coefficient (Wildman–Crippen LogP) is 4.79. The number of carbonyl (C=O) groups is 2. The number of hydrogen-bond acceptors (Lipinski definition) is 5. The number of benzene rings is 1. The molecule has 146 valence electrons. The summed E-state index contributed by atoms with van der Waals surface area (Å²) in [4.78, 5) is 29.1. The van der Waals surface area contributed by atoms with E-state index in [9.17, 15) is 9.59 Å². The molecule has 0 bridgehead atoms. The van der Waals surface area contributed by atoms with Crippen molar-refractivity contribution in [2.75, 3.05) is 22.6 Å². The highest BCUT2D eigenvalue weighted by Crippen LogP contribution is 2.31. The monoisotopic (exact) mass is 372 g/mol. The van der Waals surface area contributed by atoms with Crippen molar-refractivity contribution >= 4 is 35.3 Å². The third kappa shape index (κ3) is 6.62. The highest BCUT2D eigenvalue weighted by atomic mass is 16.6. The lowest BCUT2D eigenvalue weighted by atomic mass is 10.2. The Balaban J connectivity index is 0.00000176. The molecule has 0 radical (unpaired) electrons. The lowest BCUT2D eigenvalue weighted by Crippen LogP contribution is -2.27. The van der Waals surface area contributed by atoms with Gasteiger partial charge in [0, 0.05) is 18.9 Å². The number of nitrogens with zero attached hydrogens (tertiary/aromatic N) is 2. The Kier molecular flexibility index (Phi) is 8.26. The van der Waals surface area contributed by atoms with Crippen LogP contribution < -0.4 is 15.5 Å². The second-order valence-electron chi connectivity index (χ2n) is 6.30. The normalized spacial score (nSPS) is 10.1. The van der Waals surface area contributed by atoms with Crippen LogP contribution in [0.2, 0.25) is 0 Å². The summed E-state index contributed by atoms with van der Waals surface area (Å²) in [5.41, 5.74) is 1.90. The fraction of sp³-hybridized carbons (Fsp3) is 0.350. The maximum atomic E-state index is 11.9. The molecule has 7 nitrogen and oxygen atoms in total. The van der Waals surface area contributed by atoms with Gasteiger partial charge in [0.2, 0.25) is 6.41 Å². The number of amides is 2. The summed E-state index contributed by atoms with van der Waals surface area (Å²) in [6.07, 6.45) is 3.40. The van der Waals surface area contributed by atoms with Crippen LogP contribution in [0.4, 0.5) is 27.5 Å². The van der Waals surface area contributed by atoms with Crippen LogP contribution in [0.15, 0.2) is 42.7 Å². The van der Waals surface area contributed by atoms with Gasteiger partial charge in [-0.05, 0) is 45.0 Å². The van der Waals surface area contributed by atoms with Gasteiger partial charge < -0.3 is 10.1 Å². The molecule has 1 aromatic heterocycles. The van der Waals surface area contributed by atoms with Crippen LogP contribution in [0.3, 0.4) is 0 Å². The Hall–Kier alpha value is -3.09. The Bertz CT molecular complexity index is 757. The first-order valence-corrected chi connectivity index (χ1v) is 8.80. The molecule has 0 aliphatic heterocycles. The molecule has 2 N–H and O–H groups in total. The first-order valence-electron chi connectivity index (χ1n) is 8.80. The third-order valence-electron chi connectivity index (χ3n) is 3.20. The molecule has 2 aromatic rings.